The Bertz CT molecular complexity index is 816. The summed E-state index contributed by atoms with van der Waals surface area (Å²) in [7, 11) is 0. The number of rotatable bonds is 5. The Kier molecular flexibility index (Phi) is 4.74. The summed E-state index contributed by atoms with van der Waals surface area (Å²) >= 11 is 0. The molecule has 3 rings (SSSR count). The molecule has 0 spiro atoms. The summed E-state index contributed by atoms with van der Waals surface area (Å²) in [6, 6.07) is 7.95. The van der Waals surface area contributed by atoms with Crippen molar-refractivity contribution in [2.24, 2.45) is 5.92 Å². The molecule has 0 bridgehead atoms. The molecule has 1 amide bonds. The monoisotopic (exact) mass is 326 g/mol. The van der Waals surface area contributed by atoms with Gasteiger partial charge in [0, 0.05) is 18.0 Å². The number of carbonyl (C=O) groups excluding carboxylic acids is 1. The third kappa shape index (κ3) is 3.37. The number of pyridine rings is 1. The van der Waals surface area contributed by atoms with Gasteiger partial charge < -0.3 is 9.88 Å². The molecule has 0 unspecified atom stereocenters. The second kappa shape index (κ2) is 6.80. The molecule has 128 valence electrons. The van der Waals surface area contributed by atoms with Gasteiger partial charge >= 0.3 is 0 Å². The van der Waals surface area contributed by atoms with E-state index >= 15 is 0 Å². The Morgan fingerprint density at radius 2 is 2.04 bits per heavy atom. The predicted octanol–water partition coefficient (Wildman–Crippen LogP) is 3.64. The Balaban J connectivity index is 2.06. The van der Waals surface area contributed by atoms with Crippen molar-refractivity contribution in [3.05, 3.63) is 45.9 Å². The molecule has 1 aromatic carbocycles. The molecule has 1 heterocycles. The van der Waals surface area contributed by atoms with Gasteiger partial charge in [0.2, 0.25) is 0 Å². The van der Waals surface area contributed by atoms with E-state index in [-0.39, 0.29) is 17.5 Å². The number of nitrogens with one attached hydrogen (secondary N) is 1. The number of nitrogens with zero attached hydrogens (tertiary/aromatic N) is 1. The first kappa shape index (κ1) is 16.7. The van der Waals surface area contributed by atoms with Crippen LogP contribution in [0.2, 0.25) is 0 Å². The van der Waals surface area contributed by atoms with Crippen LogP contribution in [-0.2, 0) is 6.54 Å². The number of carbonyl (C=O) groups is 1. The number of hydrogen-bond acceptors (Lipinski definition) is 2. The van der Waals surface area contributed by atoms with E-state index < -0.39 is 0 Å². The zero-order chi connectivity index (χ0) is 17.3. The fraction of sp³-hybridized carbons (Fsp3) is 0.500. The van der Waals surface area contributed by atoms with Crippen molar-refractivity contribution in [2.75, 3.05) is 0 Å². The highest BCUT2D eigenvalue weighted by molar-refractivity contribution is 5.97. The van der Waals surface area contributed by atoms with Gasteiger partial charge in [-0.2, -0.15) is 0 Å². The van der Waals surface area contributed by atoms with Crippen LogP contribution in [0.1, 0.15) is 55.6 Å². The van der Waals surface area contributed by atoms with E-state index in [4.69, 9.17) is 0 Å². The minimum absolute atomic E-state index is 0.0596. The first-order valence-electron chi connectivity index (χ1n) is 8.91. The molecule has 24 heavy (non-hydrogen) atoms. The molecule has 2 aromatic rings. The standard InChI is InChI=1S/C20H26N2O2/c1-13(2)9-10-22-18(19(23)21-16-5-4-6-16)12-15-8-7-14(3)11-17(15)20(22)24/h7-8,11-13,16H,4-6,9-10H2,1-3H3,(H,21,23). The first-order chi connectivity index (χ1) is 11.5. The largest absolute Gasteiger partial charge is 0.348 e. The van der Waals surface area contributed by atoms with Crippen LogP contribution >= 0.6 is 0 Å². The minimum Gasteiger partial charge on any atom is -0.348 e. The lowest BCUT2D eigenvalue weighted by Gasteiger charge is -2.27. The second-order valence-electron chi connectivity index (χ2n) is 7.36. The number of hydrogen-bond donors (Lipinski definition) is 1. The first-order valence-corrected chi connectivity index (χ1v) is 8.91. The molecule has 1 aliphatic carbocycles. The third-order valence-corrected chi connectivity index (χ3v) is 4.87. The summed E-state index contributed by atoms with van der Waals surface area (Å²) in [4.78, 5) is 25.7. The van der Waals surface area contributed by atoms with Crippen LogP contribution in [0.3, 0.4) is 0 Å². The molecular weight excluding hydrogens is 300 g/mol. The molecule has 1 N–H and O–H groups in total. The maximum atomic E-state index is 13.0. The zero-order valence-corrected chi connectivity index (χ0v) is 14.8. The van der Waals surface area contributed by atoms with Gasteiger partial charge in [-0.15, -0.1) is 0 Å². The Morgan fingerprint density at radius 3 is 2.67 bits per heavy atom. The van der Waals surface area contributed by atoms with Gasteiger partial charge in [-0.1, -0.05) is 31.5 Å². The van der Waals surface area contributed by atoms with Crippen molar-refractivity contribution >= 4 is 16.7 Å². The molecule has 4 heteroatoms. The molecule has 0 aliphatic heterocycles. The van der Waals surface area contributed by atoms with Gasteiger partial charge in [-0.25, -0.2) is 0 Å². The zero-order valence-electron chi connectivity index (χ0n) is 14.8. The SMILES string of the molecule is Cc1ccc2cc(C(=O)NC3CCC3)n(CCC(C)C)c(=O)c2c1. The number of aryl methyl sites for hydroxylation is 1. The molecule has 1 aromatic heterocycles. The average molecular weight is 326 g/mol. The lowest BCUT2D eigenvalue weighted by molar-refractivity contribution is 0.0905. The fourth-order valence-corrected chi connectivity index (χ4v) is 3.07. The van der Waals surface area contributed by atoms with Crippen molar-refractivity contribution in [2.45, 2.75) is 59.0 Å². The molecule has 1 saturated carbocycles. The quantitative estimate of drug-likeness (QED) is 0.912. The number of benzene rings is 1. The van der Waals surface area contributed by atoms with Crippen LogP contribution < -0.4 is 10.9 Å². The maximum absolute atomic E-state index is 13.0. The maximum Gasteiger partial charge on any atom is 0.268 e. The highest BCUT2D eigenvalue weighted by Crippen LogP contribution is 2.20. The van der Waals surface area contributed by atoms with E-state index in [0.29, 0.717) is 23.5 Å². The topological polar surface area (TPSA) is 51.1 Å². The Hall–Kier alpha value is -2.10. The minimum atomic E-state index is -0.122. The smallest absolute Gasteiger partial charge is 0.268 e. The van der Waals surface area contributed by atoms with Gasteiger partial charge in [0.15, 0.2) is 0 Å². The fourth-order valence-electron chi connectivity index (χ4n) is 3.07. The summed E-state index contributed by atoms with van der Waals surface area (Å²) in [5, 5.41) is 4.60. The van der Waals surface area contributed by atoms with Gasteiger partial charge in [0.25, 0.3) is 11.5 Å². The molecule has 0 saturated heterocycles. The Morgan fingerprint density at radius 1 is 1.29 bits per heavy atom. The van der Waals surface area contributed by atoms with Crippen LogP contribution in [-0.4, -0.2) is 16.5 Å². The van der Waals surface area contributed by atoms with Crippen molar-refractivity contribution in [3.8, 4) is 0 Å². The Labute approximate surface area is 142 Å². The predicted molar refractivity (Wildman–Crippen MR) is 97.5 cm³/mol. The van der Waals surface area contributed by atoms with Crippen molar-refractivity contribution in [1.82, 2.24) is 9.88 Å². The van der Waals surface area contributed by atoms with Gasteiger partial charge in [0.05, 0.1) is 0 Å². The average Bonchev–Trinajstić information content (AvgIpc) is 2.50. The summed E-state index contributed by atoms with van der Waals surface area (Å²) in [5.74, 6) is 0.357. The third-order valence-electron chi connectivity index (χ3n) is 4.87. The highest BCUT2D eigenvalue weighted by atomic mass is 16.2. The number of aromatic nitrogens is 1. The molecule has 0 radical (unpaired) electrons. The van der Waals surface area contributed by atoms with E-state index in [1.807, 2.05) is 31.2 Å². The summed E-state index contributed by atoms with van der Waals surface area (Å²) < 4.78 is 1.66. The van der Waals surface area contributed by atoms with Gasteiger partial charge in [-0.3, -0.25) is 9.59 Å². The summed E-state index contributed by atoms with van der Waals surface area (Å²) in [6.07, 6.45) is 4.12. The van der Waals surface area contributed by atoms with Crippen molar-refractivity contribution in [3.63, 3.8) is 0 Å². The summed E-state index contributed by atoms with van der Waals surface area (Å²) in [6.45, 7) is 6.82. The van der Waals surface area contributed by atoms with Gasteiger partial charge in [0.1, 0.15) is 5.69 Å². The number of fused-ring (bicyclic) bond motifs is 1. The van der Waals surface area contributed by atoms with Crippen molar-refractivity contribution in [1.29, 1.82) is 0 Å². The van der Waals surface area contributed by atoms with Crippen LogP contribution in [0.15, 0.2) is 29.1 Å². The lowest BCUT2D eigenvalue weighted by atomic mass is 9.93. The molecule has 4 nitrogen and oxygen atoms in total. The molecular formula is C20H26N2O2. The van der Waals surface area contributed by atoms with E-state index in [9.17, 15) is 9.59 Å². The van der Waals surface area contributed by atoms with E-state index in [0.717, 1.165) is 30.2 Å². The van der Waals surface area contributed by atoms with Crippen LogP contribution in [0.25, 0.3) is 10.8 Å². The second-order valence-corrected chi connectivity index (χ2v) is 7.36. The number of amides is 1. The highest BCUT2D eigenvalue weighted by Gasteiger charge is 2.22. The summed E-state index contributed by atoms with van der Waals surface area (Å²) in [5.41, 5.74) is 1.49. The van der Waals surface area contributed by atoms with Gasteiger partial charge in [-0.05, 0) is 56.0 Å². The lowest BCUT2D eigenvalue weighted by Crippen LogP contribution is -2.42. The van der Waals surface area contributed by atoms with Crippen LogP contribution in [0, 0.1) is 12.8 Å². The normalized spacial score (nSPS) is 14.8. The van der Waals surface area contributed by atoms with E-state index in [1.165, 1.54) is 6.42 Å². The van der Waals surface area contributed by atoms with E-state index in [1.54, 1.807) is 4.57 Å². The molecule has 1 fully saturated rings. The molecule has 0 atom stereocenters. The van der Waals surface area contributed by atoms with Crippen LogP contribution in [0.4, 0.5) is 0 Å². The van der Waals surface area contributed by atoms with Crippen LogP contribution in [0.5, 0.6) is 0 Å². The van der Waals surface area contributed by atoms with E-state index in [2.05, 4.69) is 19.2 Å². The van der Waals surface area contributed by atoms with Crippen molar-refractivity contribution < 1.29 is 4.79 Å². The molecule has 1 aliphatic rings.